The van der Waals surface area contributed by atoms with E-state index >= 15 is 0 Å². The molecule has 0 saturated carbocycles. The van der Waals surface area contributed by atoms with Crippen molar-refractivity contribution in [3.05, 3.63) is 167 Å². The molecule has 1 saturated heterocycles. The van der Waals surface area contributed by atoms with Crippen molar-refractivity contribution in [1.29, 1.82) is 0 Å². The minimum atomic E-state index is -0.565. The van der Waals surface area contributed by atoms with Crippen LogP contribution in [0.5, 0.6) is 23.0 Å². The number of aromatic hydroxyl groups is 1. The van der Waals surface area contributed by atoms with Gasteiger partial charge in [-0.1, -0.05) is 129 Å². The number of carbonyl (C=O) groups is 2. The molecule has 1 aliphatic heterocycles. The van der Waals surface area contributed by atoms with Crippen LogP contribution in [0.4, 0.5) is 0 Å². The van der Waals surface area contributed by atoms with Gasteiger partial charge < -0.3 is 33.5 Å². The molecule has 0 unspecified atom stereocenters. The molecule has 9 nitrogen and oxygen atoms in total. The molecule has 0 spiro atoms. The number of benzene rings is 7. The molecule has 9 heteroatoms. The van der Waals surface area contributed by atoms with Gasteiger partial charge in [0.2, 0.25) is 0 Å². The Kier molecular flexibility index (Phi) is 12.5. The Morgan fingerprint density at radius 2 is 1.18 bits per heavy atom. The second kappa shape index (κ2) is 18.1. The normalized spacial score (nSPS) is 13.6. The van der Waals surface area contributed by atoms with Gasteiger partial charge in [-0.3, -0.25) is 0 Å². The number of hydrogen-bond donors (Lipinski definition) is 1. The lowest BCUT2D eigenvalue weighted by Gasteiger charge is -2.34. The molecule has 0 amide bonds. The highest BCUT2D eigenvalue weighted by Gasteiger charge is 2.31. The molecule has 0 atom stereocenters. The Morgan fingerprint density at radius 1 is 0.667 bits per heavy atom. The summed E-state index contributed by atoms with van der Waals surface area (Å²) < 4.78 is 34.9. The fourth-order valence-corrected chi connectivity index (χ4v) is 7.18. The van der Waals surface area contributed by atoms with Crippen LogP contribution in [-0.2, 0) is 20.8 Å². The van der Waals surface area contributed by atoms with Gasteiger partial charge in [-0.15, -0.1) is 0 Å². The standard InChI is InChI=1S/C39H32O6.C12H16O3/c1-24-17-19-26(20-18-24)23-44-38(40)31-21-27-12-6-8-14-29(27)34(36(31)42-3)35-30-15-9-7-13-28(30)22-32(37(35)43-4)39(41)45-33-16-10-5-11-25(33)2;1-12(2)7-14-11(15-8-12)9-5-3-4-6-10(9)13/h5-22H,23H2,1-4H3;3-6,11,13H,7-8H2,1-2H3. The average molecular weight is 805 g/mol. The fraction of sp³-hybridized carbons (Fsp3) is 0.216. The Morgan fingerprint density at radius 3 is 1.75 bits per heavy atom. The van der Waals surface area contributed by atoms with Gasteiger partial charge in [0.25, 0.3) is 0 Å². The molecule has 0 aromatic heterocycles. The summed E-state index contributed by atoms with van der Waals surface area (Å²) in [6, 6.07) is 41.3. The van der Waals surface area contributed by atoms with Crippen LogP contribution in [0.1, 0.15) is 63.1 Å². The summed E-state index contributed by atoms with van der Waals surface area (Å²) in [5.74, 6) is 0.210. The van der Waals surface area contributed by atoms with Gasteiger partial charge in [-0.25, -0.2) is 9.59 Å². The van der Waals surface area contributed by atoms with Crippen LogP contribution in [0.15, 0.2) is 133 Å². The smallest absolute Gasteiger partial charge is 0.347 e. The number of phenolic OH excluding ortho intramolecular Hbond substituents is 1. The second-order valence-electron chi connectivity index (χ2n) is 15.5. The predicted octanol–water partition coefficient (Wildman–Crippen LogP) is 11.3. The van der Waals surface area contributed by atoms with Crippen LogP contribution in [-0.4, -0.2) is 44.5 Å². The number of carbonyl (C=O) groups excluding carboxylic acids is 2. The van der Waals surface area contributed by atoms with E-state index in [4.69, 9.17) is 28.4 Å². The molecule has 8 rings (SSSR count). The Bertz CT molecular complexity index is 2650. The van der Waals surface area contributed by atoms with Crippen molar-refractivity contribution >= 4 is 33.5 Å². The number of phenols is 1. The summed E-state index contributed by atoms with van der Waals surface area (Å²) in [5.41, 5.74) is 5.30. The third-order valence-electron chi connectivity index (χ3n) is 10.3. The van der Waals surface area contributed by atoms with Gasteiger partial charge in [-0.2, -0.15) is 0 Å². The quantitative estimate of drug-likeness (QED) is 0.113. The van der Waals surface area contributed by atoms with Crippen molar-refractivity contribution in [3.8, 4) is 34.1 Å². The van der Waals surface area contributed by atoms with Crippen molar-refractivity contribution in [3.63, 3.8) is 0 Å². The van der Waals surface area contributed by atoms with Crippen molar-refractivity contribution < 1.29 is 43.1 Å². The summed E-state index contributed by atoms with van der Waals surface area (Å²) in [6.45, 7) is 9.47. The number of fused-ring (bicyclic) bond motifs is 2. The maximum atomic E-state index is 13.8. The van der Waals surface area contributed by atoms with Crippen LogP contribution in [0, 0.1) is 19.3 Å². The van der Waals surface area contributed by atoms with Gasteiger partial charge in [-0.05, 0) is 70.8 Å². The highest BCUT2D eigenvalue weighted by atomic mass is 16.7. The van der Waals surface area contributed by atoms with E-state index in [-0.39, 0.29) is 28.9 Å². The lowest BCUT2D eigenvalue weighted by molar-refractivity contribution is -0.226. The molecule has 306 valence electrons. The maximum absolute atomic E-state index is 13.8. The molecular weight excluding hydrogens is 757 g/mol. The first-order chi connectivity index (χ1) is 29.0. The van der Waals surface area contributed by atoms with Crippen molar-refractivity contribution in [1.82, 2.24) is 0 Å². The van der Waals surface area contributed by atoms with Crippen molar-refractivity contribution in [2.75, 3.05) is 27.4 Å². The number of esters is 2. The Balaban J connectivity index is 0.000000304. The van der Waals surface area contributed by atoms with Gasteiger partial charge in [0.05, 0.1) is 27.4 Å². The van der Waals surface area contributed by atoms with E-state index in [1.807, 2.05) is 117 Å². The molecule has 1 N–H and O–H groups in total. The zero-order valence-electron chi connectivity index (χ0n) is 34.6. The summed E-state index contributed by atoms with van der Waals surface area (Å²) in [5, 5.41) is 12.9. The van der Waals surface area contributed by atoms with Crippen molar-refractivity contribution in [2.45, 2.75) is 40.6 Å². The van der Waals surface area contributed by atoms with E-state index in [1.165, 1.54) is 14.2 Å². The molecular formula is C51H48O9. The fourth-order valence-electron chi connectivity index (χ4n) is 7.18. The number of methoxy groups -OCH3 is 2. The zero-order valence-corrected chi connectivity index (χ0v) is 34.6. The van der Waals surface area contributed by atoms with Crippen molar-refractivity contribution in [2.24, 2.45) is 5.41 Å². The minimum Gasteiger partial charge on any atom is -0.507 e. The maximum Gasteiger partial charge on any atom is 0.347 e. The second-order valence-corrected chi connectivity index (χ2v) is 15.5. The lowest BCUT2D eigenvalue weighted by Crippen LogP contribution is -2.33. The van der Waals surface area contributed by atoms with E-state index in [0.29, 0.717) is 47.2 Å². The van der Waals surface area contributed by atoms with E-state index in [2.05, 4.69) is 13.8 Å². The number of ether oxygens (including phenoxy) is 6. The van der Waals surface area contributed by atoms with E-state index < -0.39 is 18.2 Å². The average Bonchev–Trinajstić information content (AvgIpc) is 3.26. The van der Waals surface area contributed by atoms with Crippen LogP contribution < -0.4 is 14.2 Å². The molecule has 0 bridgehead atoms. The van der Waals surface area contributed by atoms with Gasteiger partial charge in [0.1, 0.15) is 40.7 Å². The van der Waals surface area contributed by atoms with Crippen LogP contribution in [0.25, 0.3) is 32.7 Å². The predicted molar refractivity (Wildman–Crippen MR) is 233 cm³/mol. The zero-order chi connectivity index (χ0) is 42.4. The number of hydrogen-bond acceptors (Lipinski definition) is 9. The highest BCUT2D eigenvalue weighted by Crippen LogP contribution is 2.49. The van der Waals surface area contributed by atoms with E-state index in [1.54, 1.807) is 30.3 Å². The molecule has 0 radical (unpaired) electrons. The minimum absolute atomic E-state index is 0.0564. The first-order valence-electron chi connectivity index (χ1n) is 19.7. The molecule has 1 fully saturated rings. The van der Waals surface area contributed by atoms with Crippen LogP contribution >= 0.6 is 0 Å². The van der Waals surface area contributed by atoms with Crippen LogP contribution in [0.2, 0.25) is 0 Å². The van der Waals surface area contributed by atoms with E-state index in [9.17, 15) is 14.7 Å². The van der Waals surface area contributed by atoms with E-state index in [0.717, 1.165) is 38.2 Å². The van der Waals surface area contributed by atoms with Gasteiger partial charge in [0.15, 0.2) is 6.29 Å². The summed E-state index contributed by atoms with van der Waals surface area (Å²) in [4.78, 5) is 27.5. The van der Waals surface area contributed by atoms with Crippen LogP contribution in [0.3, 0.4) is 0 Å². The third kappa shape index (κ3) is 8.98. The molecule has 1 heterocycles. The lowest BCUT2D eigenvalue weighted by atomic mass is 9.88. The topological polar surface area (TPSA) is 110 Å². The molecule has 1 aliphatic rings. The Hall–Kier alpha value is -6.68. The first-order valence-corrected chi connectivity index (χ1v) is 19.7. The number of rotatable bonds is 9. The first kappa shape index (κ1) is 41.5. The SMILES string of the molecule is CC1(C)COC(c2ccccc2O)OC1.COc1c(C(=O)OCc2ccc(C)cc2)cc2ccccc2c1-c1c(OC)c(C(=O)Oc2ccccc2C)cc2ccccc12. The molecule has 7 aromatic carbocycles. The number of aryl methyl sites for hydroxylation is 2. The monoisotopic (exact) mass is 804 g/mol. The summed E-state index contributed by atoms with van der Waals surface area (Å²) >= 11 is 0. The molecule has 7 aromatic rings. The highest BCUT2D eigenvalue weighted by molar-refractivity contribution is 6.16. The molecule has 0 aliphatic carbocycles. The summed E-state index contributed by atoms with van der Waals surface area (Å²) in [6.07, 6.45) is -0.431. The summed E-state index contributed by atoms with van der Waals surface area (Å²) in [7, 11) is 3.04. The number of para-hydroxylation sites is 2. The van der Waals surface area contributed by atoms with Gasteiger partial charge in [0, 0.05) is 22.1 Å². The Labute approximate surface area is 350 Å². The van der Waals surface area contributed by atoms with Gasteiger partial charge >= 0.3 is 11.9 Å². The third-order valence-corrected chi connectivity index (χ3v) is 10.3. The molecule has 60 heavy (non-hydrogen) atoms. The largest absolute Gasteiger partial charge is 0.507 e.